The molecule has 2 N–H and O–H groups in total. The molecule has 0 aliphatic carbocycles. The highest BCUT2D eigenvalue weighted by Crippen LogP contribution is 2.26. The number of rotatable bonds is 3. The average Bonchev–Trinajstić information content (AvgIpc) is 2.59. The van der Waals surface area contributed by atoms with Crippen LogP contribution in [-0.2, 0) is 4.74 Å². The van der Waals surface area contributed by atoms with Crippen LogP contribution in [0.15, 0.2) is 12.4 Å². The van der Waals surface area contributed by atoms with Crippen LogP contribution in [0.2, 0.25) is 5.15 Å². The minimum Gasteiger partial charge on any atom is -0.385 e. The first kappa shape index (κ1) is 11.6. The Bertz CT molecular complexity index is 377. The Morgan fingerprint density at radius 1 is 1.62 bits per heavy atom. The Balaban J connectivity index is 2.00. The van der Waals surface area contributed by atoms with Gasteiger partial charge in [-0.3, -0.25) is 0 Å². The van der Waals surface area contributed by atoms with Crippen LogP contribution in [-0.4, -0.2) is 39.9 Å². The quantitative estimate of drug-likeness (QED) is 0.832. The van der Waals surface area contributed by atoms with Crippen molar-refractivity contribution in [1.29, 1.82) is 0 Å². The van der Waals surface area contributed by atoms with Gasteiger partial charge in [0.1, 0.15) is 5.60 Å². The van der Waals surface area contributed by atoms with E-state index in [0.717, 1.165) is 0 Å². The van der Waals surface area contributed by atoms with Crippen molar-refractivity contribution in [2.75, 3.05) is 18.5 Å². The summed E-state index contributed by atoms with van der Waals surface area (Å²) in [6.07, 6.45) is 3.49. The maximum atomic E-state index is 10.2. The van der Waals surface area contributed by atoms with Gasteiger partial charge in [-0.2, -0.15) is 0 Å². The van der Waals surface area contributed by atoms with Crippen LogP contribution in [0.3, 0.4) is 0 Å². The van der Waals surface area contributed by atoms with Gasteiger partial charge >= 0.3 is 0 Å². The van der Waals surface area contributed by atoms with E-state index in [-0.39, 0.29) is 6.10 Å². The zero-order valence-electron chi connectivity index (χ0n) is 8.98. The fraction of sp³-hybridized carbons (Fsp3) is 0.600. The highest BCUT2D eigenvalue weighted by Gasteiger charge is 2.39. The standard InChI is InChI=1S/C10H14ClN3O2/c1-7-10(15,2-5-16-7)6-14-9-8(11)12-3-4-13-9/h3-4,7,15H,2,5-6H2,1H3,(H,13,14). The van der Waals surface area contributed by atoms with Crippen molar-refractivity contribution in [3.05, 3.63) is 17.5 Å². The Morgan fingerprint density at radius 3 is 3.00 bits per heavy atom. The third-order valence-corrected chi connectivity index (χ3v) is 3.15. The maximum Gasteiger partial charge on any atom is 0.171 e. The Kier molecular flexibility index (Phi) is 3.28. The number of nitrogens with one attached hydrogen (secondary N) is 1. The fourth-order valence-corrected chi connectivity index (χ4v) is 1.85. The molecule has 1 saturated heterocycles. The number of aliphatic hydroxyl groups is 1. The van der Waals surface area contributed by atoms with Gasteiger partial charge in [0.25, 0.3) is 0 Å². The van der Waals surface area contributed by atoms with Crippen molar-refractivity contribution in [3.8, 4) is 0 Å². The Hall–Kier alpha value is -0.910. The van der Waals surface area contributed by atoms with Gasteiger partial charge in [0, 0.05) is 32.0 Å². The minimum atomic E-state index is -0.860. The van der Waals surface area contributed by atoms with Crippen LogP contribution in [0, 0.1) is 0 Å². The molecule has 5 nitrogen and oxygen atoms in total. The smallest absolute Gasteiger partial charge is 0.171 e. The van der Waals surface area contributed by atoms with Crippen LogP contribution in [0.5, 0.6) is 0 Å². The molecular formula is C10H14ClN3O2. The van der Waals surface area contributed by atoms with Gasteiger partial charge in [-0.1, -0.05) is 11.6 Å². The zero-order valence-corrected chi connectivity index (χ0v) is 9.74. The number of aromatic nitrogens is 2. The van der Waals surface area contributed by atoms with Gasteiger partial charge in [-0.15, -0.1) is 0 Å². The van der Waals surface area contributed by atoms with Crippen LogP contribution < -0.4 is 5.32 Å². The molecule has 0 aromatic carbocycles. The topological polar surface area (TPSA) is 67.3 Å². The molecule has 1 aliphatic heterocycles. The van der Waals surface area contributed by atoms with Crippen molar-refractivity contribution < 1.29 is 9.84 Å². The first-order valence-electron chi connectivity index (χ1n) is 5.16. The van der Waals surface area contributed by atoms with Crippen molar-refractivity contribution in [1.82, 2.24) is 9.97 Å². The van der Waals surface area contributed by atoms with Crippen molar-refractivity contribution >= 4 is 17.4 Å². The lowest BCUT2D eigenvalue weighted by Crippen LogP contribution is -2.43. The largest absolute Gasteiger partial charge is 0.385 e. The van der Waals surface area contributed by atoms with E-state index in [1.165, 1.54) is 6.20 Å². The molecule has 0 spiro atoms. The molecule has 2 unspecified atom stereocenters. The van der Waals surface area contributed by atoms with Gasteiger partial charge in [-0.25, -0.2) is 9.97 Å². The van der Waals surface area contributed by atoms with E-state index < -0.39 is 5.60 Å². The van der Waals surface area contributed by atoms with E-state index in [4.69, 9.17) is 16.3 Å². The molecule has 1 aliphatic rings. The molecule has 0 amide bonds. The molecule has 0 radical (unpaired) electrons. The monoisotopic (exact) mass is 243 g/mol. The van der Waals surface area contributed by atoms with Crippen LogP contribution in [0.1, 0.15) is 13.3 Å². The van der Waals surface area contributed by atoms with Gasteiger partial charge in [0.15, 0.2) is 11.0 Å². The van der Waals surface area contributed by atoms with Gasteiger partial charge < -0.3 is 15.2 Å². The van der Waals surface area contributed by atoms with E-state index in [1.54, 1.807) is 6.20 Å². The number of hydrogen-bond acceptors (Lipinski definition) is 5. The SMILES string of the molecule is CC1OCCC1(O)CNc1nccnc1Cl. The highest BCUT2D eigenvalue weighted by molar-refractivity contribution is 6.31. The fourth-order valence-electron chi connectivity index (χ4n) is 1.68. The van der Waals surface area contributed by atoms with E-state index in [0.29, 0.717) is 30.5 Å². The number of halogens is 1. The summed E-state index contributed by atoms with van der Waals surface area (Å²) in [4.78, 5) is 7.93. The number of hydrogen-bond donors (Lipinski definition) is 2. The molecule has 2 heterocycles. The average molecular weight is 244 g/mol. The third-order valence-electron chi connectivity index (χ3n) is 2.88. The van der Waals surface area contributed by atoms with Crippen molar-refractivity contribution in [2.24, 2.45) is 0 Å². The second kappa shape index (κ2) is 4.53. The molecule has 6 heteroatoms. The lowest BCUT2D eigenvalue weighted by Gasteiger charge is -2.26. The number of nitrogens with zero attached hydrogens (tertiary/aromatic N) is 2. The summed E-state index contributed by atoms with van der Waals surface area (Å²) in [6, 6.07) is 0. The third kappa shape index (κ3) is 2.26. The molecule has 16 heavy (non-hydrogen) atoms. The number of ether oxygens (including phenoxy) is 1. The molecule has 88 valence electrons. The van der Waals surface area contributed by atoms with E-state index in [1.807, 2.05) is 6.92 Å². The van der Waals surface area contributed by atoms with E-state index in [2.05, 4.69) is 15.3 Å². The Labute approximate surface area is 98.8 Å². The molecule has 1 fully saturated rings. The summed E-state index contributed by atoms with van der Waals surface area (Å²) >= 11 is 5.84. The summed E-state index contributed by atoms with van der Waals surface area (Å²) in [5.41, 5.74) is -0.860. The van der Waals surface area contributed by atoms with Crippen LogP contribution in [0.4, 0.5) is 5.82 Å². The molecule has 2 rings (SSSR count). The van der Waals surface area contributed by atoms with E-state index >= 15 is 0 Å². The molecule has 1 aromatic heterocycles. The van der Waals surface area contributed by atoms with Crippen LogP contribution in [0.25, 0.3) is 0 Å². The summed E-state index contributed by atoms with van der Waals surface area (Å²) in [5, 5.41) is 13.5. The second-order valence-corrected chi connectivity index (χ2v) is 4.27. The van der Waals surface area contributed by atoms with Crippen molar-refractivity contribution in [3.63, 3.8) is 0 Å². The van der Waals surface area contributed by atoms with Gasteiger partial charge in [0.2, 0.25) is 0 Å². The lowest BCUT2D eigenvalue weighted by atomic mass is 9.97. The first-order chi connectivity index (χ1) is 7.62. The minimum absolute atomic E-state index is 0.185. The summed E-state index contributed by atoms with van der Waals surface area (Å²) in [5.74, 6) is 0.483. The predicted octanol–water partition coefficient (Wildman–Crippen LogP) is 1.08. The molecular weight excluding hydrogens is 230 g/mol. The Morgan fingerprint density at radius 2 is 2.38 bits per heavy atom. The molecule has 0 bridgehead atoms. The highest BCUT2D eigenvalue weighted by atomic mass is 35.5. The molecule has 2 atom stereocenters. The number of anilines is 1. The second-order valence-electron chi connectivity index (χ2n) is 3.92. The van der Waals surface area contributed by atoms with E-state index in [9.17, 15) is 5.11 Å². The first-order valence-corrected chi connectivity index (χ1v) is 5.54. The molecule has 0 saturated carbocycles. The normalized spacial score (nSPS) is 29.3. The summed E-state index contributed by atoms with van der Waals surface area (Å²) in [7, 11) is 0. The van der Waals surface area contributed by atoms with Gasteiger partial charge in [-0.05, 0) is 6.92 Å². The van der Waals surface area contributed by atoms with Crippen molar-refractivity contribution in [2.45, 2.75) is 25.0 Å². The van der Waals surface area contributed by atoms with Crippen LogP contribution >= 0.6 is 11.6 Å². The maximum absolute atomic E-state index is 10.2. The van der Waals surface area contributed by atoms with Gasteiger partial charge in [0.05, 0.1) is 6.10 Å². The summed E-state index contributed by atoms with van der Waals surface area (Å²) < 4.78 is 5.33. The lowest BCUT2D eigenvalue weighted by molar-refractivity contribution is -0.0176. The predicted molar refractivity (Wildman–Crippen MR) is 60.5 cm³/mol. The molecule has 1 aromatic rings. The summed E-state index contributed by atoms with van der Waals surface area (Å²) in [6.45, 7) is 2.78. The zero-order chi connectivity index (χ0) is 11.6.